The van der Waals surface area contributed by atoms with Gasteiger partial charge in [0, 0.05) is 13.1 Å². The van der Waals surface area contributed by atoms with Crippen molar-refractivity contribution in [3.05, 3.63) is 0 Å². The summed E-state index contributed by atoms with van der Waals surface area (Å²) < 4.78 is 5.28. The minimum atomic E-state index is 0.455. The van der Waals surface area contributed by atoms with E-state index in [0.717, 1.165) is 39.4 Å². The first-order valence-corrected chi connectivity index (χ1v) is 5.47. The second-order valence-electron chi connectivity index (χ2n) is 3.86. The van der Waals surface area contributed by atoms with Crippen molar-refractivity contribution in [2.45, 2.75) is 18.9 Å². The van der Waals surface area contributed by atoms with Gasteiger partial charge in [-0.25, -0.2) is 0 Å². The number of morpholine rings is 1. The lowest BCUT2D eigenvalue weighted by molar-refractivity contribution is 0.0443. The zero-order valence-corrected chi connectivity index (χ0v) is 8.59. The smallest absolute Gasteiger partial charge is 0.0690 e. The van der Waals surface area contributed by atoms with Gasteiger partial charge >= 0.3 is 0 Å². The van der Waals surface area contributed by atoms with E-state index in [1.165, 1.54) is 12.8 Å². The molecule has 0 aromatic carbocycles. The predicted octanol–water partition coefficient (Wildman–Crippen LogP) is 0.0740. The Kier molecular flexibility index (Phi) is 3.81. The van der Waals surface area contributed by atoms with Gasteiger partial charge in [0.2, 0.25) is 0 Å². The first-order chi connectivity index (χ1) is 6.95. The molecule has 0 bridgehead atoms. The zero-order valence-electron chi connectivity index (χ0n) is 8.59. The third-order valence-corrected chi connectivity index (χ3v) is 2.74. The number of rotatable bonds is 1. The molecule has 0 aromatic heterocycles. The second kappa shape index (κ2) is 5.35. The predicted molar refractivity (Wildman–Crippen MR) is 56.1 cm³/mol. The molecule has 1 N–H and O–H groups in total. The molecule has 0 saturated carbocycles. The van der Waals surface area contributed by atoms with Crippen molar-refractivity contribution in [1.82, 2.24) is 10.2 Å². The molecule has 78 valence electrons. The Morgan fingerprint density at radius 2 is 2.21 bits per heavy atom. The van der Waals surface area contributed by atoms with Gasteiger partial charge in [0.25, 0.3) is 0 Å². The van der Waals surface area contributed by atoms with Gasteiger partial charge in [0.1, 0.15) is 0 Å². The monoisotopic (exact) mass is 194 g/mol. The van der Waals surface area contributed by atoms with E-state index < -0.39 is 0 Å². The molecule has 0 aliphatic carbocycles. The third kappa shape index (κ3) is 2.98. The first kappa shape index (κ1) is 9.97. The highest BCUT2D eigenvalue weighted by Gasteiger charge is 2.11. The molecule has 0 radical (unpaired) electrons. The quantitative estimate of drug-likeness (QED) is 0.598. The Morgan fingerprint density at radius 3 is 2.93 bits per heavy atom. The van der Waals surface area contributed by atoms with Gasteiger partial charge in [-0.3, -0.25) is 4.90 Å². The summed E-state index contributed by atoms with van der Waals surface area (Å²) >= 11 is 0. The maximum absolute atomic E-state index is 5.28. The fourth-order valence-electron chi connectivity index (χ4n) is 1.85. The lowest BCUT2D eigenvalue weighted by atomic mass is 10.2. The molecule has 2 heterocycles. The lowest BCUT2D eigenvalue weighted by Crippen LogP contribution is -2.36. The summed E-state index contributed by atoms with van der Waals surface area (Å²) in [5.41, 5.74) is 0. The molecule has 1 unspecified atom stereocenters. The Balaban J connectivity index is 1.69. The zero-order chi connectivity index (χ0) is 9.64. The summed E-state index contributed by atoms with van der Waals surface area (Å²) in [6.07, 6.45) is 2.49. The van der Waals surface area contributed by atoms with Crippen molar-refractivity contribution in [3.8, 4) is 11.8 Å². The van der Waals surface area contributed by atoms with Crippen LogP contribution in [0.1, 0.15) is 12.8 Å². The van der Waals surface area contributed by atoms with Crippen LogP contribution in [0.25, 0.3) is 0 Å². The number of hydrogen-bond donors (Lipinski definition) is 1. The molecule has 2 rings (SSSR count). The van der Waals surface area contributed by atoms with Crippen molar-refractivity contribution in [1.29, 1.82) is 0 Å². The first-order valence-electron chi connectivity index (χ1n) is 5.47. The molecule has 2 aliphatic heterocycles. The summed E-state index contributed by atoms with van der Waals surface area (Å²) in [5, 5.41) is 3.38. The highest BCUT2D eigenvalue weighted by atomic mass is 16.5. The number of nitrogens with one attached hydrogen (secondary N) is 1. The van der Waals surface area contributed by atoms with Crippen molar-refractivity contribution in [2.24, 2.45) is 0 Å². The SMILES string of the molecule is C(#CC1CCCN1)CN1CCOCC1. The minimum absolute atomic E-state index is 0.455. The maximum atomic E-state index is 5.28. The number of ether oxygens (including phenoxy) is 1. The van der Waals surface area contributed by atoms with E-state index in [0.29, 0.717) is 6.04 Å². The van der Waals surface area contributed by atoms with Gasteiger partial charge in [0.15, 0.2) is 0 Å². The van der Waals surface area contributed by atoms with Crippen molar-refractivity contribution in [2.75, 3.05) is 39.4 Å². The highest BCUT2D eigenvalue weighted by molar-refractivity contribution is 5.10. The normalized spacial score (nSPS) is 28.4. The van der Waals surface area contributed by atoms with E-state index in [1.807, 2.05) is 0 Å². The topological polar surface area (TPSA) is 24.5 Å². The van der Waals surface area contributed by atoms with E-state index in [4.69, 9.17) is 4.74 Å². The van der Waals surface area contributed by atoms with Crippen molar-refractivity contribution >= 4 is 0 Å². The summed E-state index contributed by atoms with van der Waals surface area (Å²) in [6, 6.07) is 0.455. The molecule has 0 amide bonds. The molecule has 3 nitrogen and oxygen atoms in total. The van der Waals surface area contributed by atoms with Gasteiger partial charge in [-0.2, -0.15) is 0 Å². The van der Waals surface area contributed by atoms with Gasteiger partial charge in [-0.05, 0) is 19.4 Å². The van der Waals surface area contributed by atoms with Crippen LogP contribution in [-0.2, 0) is 4.74 Å². The van der Waals surface area contributed by atoms with Gasteiger partial charge in [-0.15, -0.1) is 0 Å². The summed E-state index contributed by atoms with van der Waals surface area (Å²) in [7, 11) is 0. The Hall–Kier alpha value is -0.560. The fraction of sp³-hybridized carbons (Fsp3) is 0.818. The average Bonchev–Trinajstić information content (AvgIpc) is 2.72. The van der Waals surface area contributed by atoms with E-state index in [-0.39, 0.29) is 0 Å². The summed E-state index contributed by atoms with van der Waals surface area (Å²) in [4.78, 5) is 2.35. The standard InChI is InChI=1S/C11H18N2O/c1-3-11(12-5-1)4-2-6-13-7-9-14-10-8-13/h11-12H,1,3,5-10H2. The maximum Gasteiger partial charge on any atom is 0.0690 e. The van der Waals surface area contributed by atoms with E-state index in [1.54, 1.807) is 0 Å². The van der Waals surface area contributed by atoms with Crippen LogP contribution >= 0.6 is 0 Å². The van der Waals surface area contributed by atoms with Crippen LogP contribution in [0.2, 0.25) is 0 Å². The van der Waals surface area contributed by atoms with Gasteiger partial charge in [0.05, 0.1) is 25.8 Å². The summed E-state index contributed by atoms with van der Waals surface area (Å²) in [6.45, 7) is 5.84. The Labute approximate surface area is 85.8 Å². The van der Waals surface area contributed by atoms with Crippen molar-refractivity contribution in [3.63, 3.8) is 0 Å². The Bertz CT molecular complexity index is 219. The van der Waals surface area contributed by atoms with Crippen LogP contribution in [0.15, 0.2) is 0 Å². The van der Waals surface area contributed by atoms with E-state index >= 15 is 0 Å². The van der Waals surface area contributed by atoms with Gasteiger partial charge < -0.3 is 10.1 Å². The van der Waals surface area contributed by atoms with Crippen LogP contribution in [-0.4, -0.2) is 50.3 Å². The average molecular weight is 194 g/mol. The van der Waals surface area contributed by atoms with E-state index in [2.05, 4.69) is 22.1 Å². The van der Waals surface area contributed by atoms with Gasteiger partial charge in [-0.1, -0.05) is 11.8 Å². The highest BCUT2D eigenvalue weighted by Crippen LogP contribution is 2.02. The van der Waals surface area contributed by atoms with E-state index in [9.17, 15) is 0 Å². The summed E-state index contributed by atoms with van der Waals surface area (Å²) in [5.74, 6) is 6.54. The fourth-order valence-corrected chi connectivity index (χ4v) is 1.85. The molecule has 2 fully saturated rings. The van der Waals surface area contributed by atoms with Crippen LogP contribution in [0.5, 0.6) is 0 Å². The van der Waals surface area contributed by atoms with Crippen LogP contribution < -0.4 is 5.32 Å². The van der Waals surface area contributed by atoms with Crippen LogP contribution in [0.4, 0.5) is 0 Å². The lowest BCUT2D eigenvalue weighted by Gasteiger charge is -2.24. The van der Waals surface area contributed by atoms with Crippen LogP contribution in [0, 0.1) is 11.8 Å². The van der Waals surface area contributed by atoms with Crippen LogP contribution in [0.3, 0.4) is 0 Å². The Morgan fingerprint density at radius 1 is 1.36 bits per heavy atom. The molecule has 1 atom stereocenters. The minimum Gasteiger partial charge on any atom is -0.379 e. The largest absolute Gasteiger partial charge is 0.379 e. The van der Waals surface area contributed by atoms with Crippen molar-refractivity contribution < 1.29 is 4.74 Å². The molecule has 0 aromatic rings. The number of nitrogens with zero attached hydrogens (tertiary/aromatic N) is 1. The number of hydrogen-bond acceptors (Lipinski definition) is 3. The third-order valence-electron chi connectivity index (χ3n) is 2.74. The molecule has 2 aliphatic rings. The molecule has 2 saturated heterocycles. The molecular weight excluding hydrogens is 176 g/mol. The molecule has 3 heteroatoms. The second-order valence-corrected chi connectivity index (χ2v) is 3.86. The molecule has 0 spiro atoms. The molecular formula is C11H18N2O. The molecule has 14 heavy (non-hydrogen) atoms.